The van der Waals surface area contributed by atoms with E-state index in [1.165, 1.54) is 6.92 Å². The zero-order valence-electron chi connectivity index (χ0n) is 15.9. The average molecular weight is 336 g/mol. The maximum absolute atomic E-state index is 11.6. The van der Waals surface area contributed by atoms with Crippen LogP contribution in [0.5, 0.6) is 0 Å². The fourth-order valence-electron chi connectivity index (χ4n) is 5.90. The van der Waals surface area contributed by atoms with E-state index in [1.807, 2.05) is 6.92 Å². The first-order valence-corrected chi connectivity index (χ1v) is 9.23. The summed E-state index contributed by atoms with van der Waals surface area (Å²) >= 11 is 0. The molecule has 0 aromatic carbocycles. The molecule has 2 saturated heterocycles. The predicted octanol–water partition coefficient (Wildman–Crippen LogP) is 4.09. The molecule has 2 aliphatic carbocycles. The van der Waals surface area contributed by atoms with Gasteiger partial charge in [-0.2, -0.15) is 0 Å². The quantitative estimate of drug-likeness (QED) is 0.575. The zero-order valence-corrected chi connectivity index (χ0v) is 15.9. The first-order chi connectivity index (χ1) is 11.0. The Balaban J connectivity index is 1.99. The molecule has 4 fully saturated rings. The lowest BCUT2D eigenvalue weighted by Crippen LogP contribution is -2.57. The first kappa shape index (κ1) is 17.8. The number of esters is 1. The van der Waals surface area contributed by atoms with E-state index in [1.54, 1.807) is 0 Å². The van der Waals surface area contributed by atoms with E-state index in [2.05, 4.69) is 34.3 Å². The van der Waals surface area contributed by atoms with Gasteiger partial charge >= 0.3 is 5.97 Å². The van der Waals surface area contributed by atoms with E-state index in [0.717, 1.165) is 25.0 Å². The van der Waals surface area contributed by atoms with Gasteiger partial charge in [-0.3, -0.25) is 4.79 Å². The van der Waals surface area contributed by atoms with E-state index in [4.69, 9.17) is 14.2 Å². The van der Waals surface area contributed by atoms with Gasteiger partial charge in [-0.05, 0) is 52.4 Å². The molecule has 0 N–H and O–H groups in total. The Morgan fingerprint density at radius 1 is 1.12 bits per heavy atom. The van der Waals surface area contributed by atoms with Crippen LogP contribution < -0.4 is 0 Å². The lowest BCUT2D eigenvalue weighted by molar-refractivity contribution is -0.242. The van der Waals surface area contributed by atoms with E-state index in [-0.39, 0.29) is 35.3 Å². The minimum absolute atomic E-state index is 0.0503. The van der Waals surface area contributed by atoms with Crippen molar-refractivity contribution in [3.05, 3.63) is 12.3 Å². The maximum Gasteiger partial charge on any atom is 0.302 e. The lowest BCUT2D eigenvalue weighted by atomic mass is 9.76. The highest BCUT2D eigenvalue weighted by Crippen LogP contribution is 2.59. The lowest BCUT2D eigenvalue weighted by Gasteiger charge is -2.51. The summed E-state index contributed by atoms with van der Waals surface area (Å²) in [5.41, 5.74) is -0.593. The molecule has 0 aromatic rings. The third kappa shape index (κ3) is 2.87. The van der Waals surface area contributed by atoms with Gasteiger partial charge in [0.15, 0.2) is 0 Å². The second-order valence-corrected chi connectivity index (χ2v) is 8.97. The van der Waals surface area contributed by atoms with Gasteiger partial charge in [0.1, 0.15) is 12.2 Å². The summed E-state index contributed by atoms with van der Waals surface area (Å²) in [6, 6.07) is 0. The summed E-state index contributed by atoms with van der Waals surface area (Å²) in [5, 5.41) is 0. The van der Waals surface area contributed by atoms with Crippen molar-refractivity contribution < 1.29 is 19.0 Å². The van der Waals surface area contributed by atoms with Crippen molar-refractivity contribution in [3.8, 4) is 0 Å². The molecule has 2 saturated carbocycles. The fraction of sp³-hybridized carbons (Fsp3) is 0.850. The zero-order chi connectivity index (χ0) is 17.9. The highest BCUT2D eigenvalue weighted by molar-refractivity contribution is 5.66. The number of fused-ring (bicyclic) bond motifs is 2. The molecule has 0 radical (unpaired) electrons. The van der Waals surface area contributed by atoms with Crippen molar-refractivity contribution in [2.24, 2.45) is 23.7 Å². The summed E-state index contributed by atoms with van der Waals surface area (Å²) in [7, 11) is 0. The van der Waals surface area contributed by atoms with Crippen LogP contribution in [0.15, 0.2) is 12.3 Å². The second-order valence-electron chi connectivity index (χ2n) is 8.97. The minimum atomic E-state index is -0.341. The molecule has 7 atom stereocenters. The van der Waals surface area contributed by atoms with Crippen LogP contribution in [-0.2, 0) is 19.0 Å². The van der Waals surface area contributed by atoms with Crippen molar-refractivity contribution in [3.63, 3.8) is 0 Å². The topological polar surface area (TPSA) is 44.8 Å². The maximum atomic E-state index is 11.6. The van der Waals surface area contributed by atoms with Crippen LogP contribution >= 0.6 is 0 Å². The average Bonchev–Trinajstić information content (AvgIpc) is 2.55. The van der Waals surface area contributed by atoms with Gasteiger partial charge in [0.05, 0.1) is 17.0 Å². The molecule has 136 valence electrons. The van der Waals surface area contributed by atoms with E-state index in [9.17, 15) is 4.79 Å². The van der Waals surface area contributed by atoms with Gasteiger partial charge in [-0.15, -0.1) is 0 Å². The van der Waals surface area contributed by atoms with E-state index < -0.39 is 0 Å². The summed E-state index contributed by atoms with van der Waals surface area (Å²) in [5.74, 6) is 2.17. The van der Waals surface area contributed by atoms with Gasteiger partial charge in [0, 0.05) is 25.2 Å². The van der Waals surface area contributed by atoms with Gasteiger partial charge in [-0.1, -0.05) is 13.5 Å². The smallest absolute Gasteiger partial charge is 0.302 e. The Bertz CT molecular complexity index is 540. The number of ether oxygens (including phenoxy) is 3. The molecular formula is C20H32O4. The molecule has 2 aliphatic heterocycles. The monoisotopic (exact) mass is 336 g/mol. The summed E-state index contributed by atoms with van der Waals surface area (Å²) in [6.07, 6.45) is 2.90. The predicted molar refractivity (Wildman–Crippen MR) is 92.3 cm³/mol. The van der Waals surface area contributed by atoms with Crippen LogP contribution in [0.2, 0.25) is 0 Å². The Kier molecular flexibility index (Phi) is 4.26. The van der Waals surface area contributed by atoms with Crippen LogP contribution in [-0.4, -0.2) is 29.4 Å². The molecule has 4 rings (SSSR count). The molecular weight excluding hydrogens is 304 g/mol. The van der Waals surface area contributed by atoms with Crippen LogP contribution in [0.25, 0.3) is 0 Å². The third-order valence-electron chi connectivity index (χ3n) is 6.54. The number of carbonyl (C=O) groups excluding carboxylic acids is 1. The van der Waals surface area contributed by atoms with Gasteiger partial charge in [-0.25, -0.2) is 0 Å². The summed E-state index contributed by atoms with van der Waals surface area (Å²) < 4.78 is 18.5. The molecule has 4 aliphatic rings. The van der Waals surface area contributed by atoms with Crippen molar-refractivity contribution in [2.75, 3.05) is 0 Å². The number of allylic oxidation sites excluding steroid dienone is 1. The van der Waals surface area contributed by atoms with Crippen molar-refractivity contribution in [2.45, 2.75) is 84.2 Å². The van der Waals surface area contributed by atoms with E-state index in [0.29, 0.717) is 17.8 Å². The van der Waals surface area contributed by atoms with Crippen LogP contribution in [0.1, 0.15) is 60.8 Å². The van der Waals surface area contributed by atoms with Crippen LogP contribution in [0, 0.1) is 23.7 Å². The van der Waals surface area contributed by atoms with Crippen molar-refractivity contribution in [1.29, 1.82) is 0 Å². The number of hydrogen-bond acceptors (Lipinski definition) is 4. The number of hydrogen-bond donors (Lipinski definition) is 0. The molecule has 24 heavy (non-hydrogen) atoms. The van der Waals surface area contributed by atoms with Gasteiger partial charge < -0.3 is 14.2 Å². The highest BCUT2D eigenvalue weighted by atomic mass is 16.6. The molecule has 0 unspecified atom stereocenters. The first-order valence-electron chi connectivity index (χ1n) is 9.23. The SMILES string of the molecule is C=C(C)O[C@H]1C[C@]2(C)OC(C)(C)[C@H]1C[C@H]1[C@H]2[C@H](OC(C)=O)C[C@H]1C. The number of rotatable bonds is 3. The Morgan fingerprint density at radius 2 is 1.79 bits per heavy atom. The van der Waals surface area contributed by atoms with Gasteiger partial charge in [0.25, 0.3) is 0 Å². The van der Waals surface area contributed by atoms with Gasteiger partial charge in [0.2, 0.25) is 0 Å². The Labute approximate surface area is 145 Å². The van der Waals surface area contributed by atoms with Crippen LogP contribution in [0.4, 0.5) is 0 Å². The fourth-order valence-corrected chi connectivity index (χ4v) is 5.90. The molecule has 4 nitrogen and oxygen atoms in total. The number of carbonyl (C=O) groups is 1. The van der Waals surface area contributed by atoms with Crippen LogP contribution in [0.3, 0.4) is 0 Å². The molecule has 2 heterocycles. The second kappa shape index (κ2) is 5.76. The van der Waals surface area contributed by atoms with E-state index >= 15 is 0 Å². The molecule has 0 aromatic heterocycles. The molecule has 4 heteroatoms. The van der Waals surface area contributed by atoms with Crippen molar-refractivity contribution in [1.82, 2.24) is 0 Å². The largest absolute Gasteiger partial charge is 0.495 e. The summed E-state index contributed by atoms with van der Waals surface area (Å²) in [6.45, 7) is 16.2. The Morgan fingerprint density at radius 3 is 2.38 bits per heavy atom. The minimum Gasteiger partial charge on any atom is -0.495 e. The normalized spacial score (nSPS) is 46.1. The Hall–Kier alpha value is -1.03. The summed E-state index contributed by atoms with van der Waals surface area (Å²) in [4.78, 5) is 11.6. The van der Waals surface area contributed by atoms with Crippen molar-refractivity contribution >= 4 is 5.97 Å². The highest BCUT2D eigenvalue weighted by Gasteiger charge is 2.63. The molecule has 2 bridgehead atoms. The molecule has 0 spiro atoms. The third-order valence-corrected chi connectivity index (χ3v) is 6.54. The molecule has 0 amide bonds. The standard InChI is InChI=1S/C20H32O4/c1-11(2)22-17-10-20(7)18-14(9-15(17)19(5,6)24-20)12(3)8-16(18)23-13(4)21/h12,14-18H,1,8-10H2,2-7H3/t12-,14-,15+,16-,17+,18+,20+/m1/s1.